The normalized spacial score (nSPS) is 16.4. The molecule has 25 heavy (non-hydrogen) atoms. The first-order valence-corrected chi connectivity index (χ1v) is 10.9. The van der Waals surface area contributed by atoms with Crippen LogP contribution in [0.4, 0.5) is 0 Å². The largest absolute Gasteiger partial charge is 0.337 e. The minimum atomic E-state index is -3.53. The van der Waals surface area contributed by atoms with E-state index in [0.29, 0.717) is 26.2 Å². The summed E-state index contributed by atoms with van der Waals surface area (Å²) in [7, 11) is -3.53. The highest BCUT2D eigenvalue weighted by molar-refractivity contribution is 9.10. The van der Waals surface area contributed by atoms with Gasteiger partial charge in [-0.2, -0.15) is 15.6 Å². The Morgan fingerprint density at radius 1 is 1.16 bits per heavy atom. The summed E-state index contributed by atoms with van der Waals surface area (Å²) in [5, 5.41) is 3.92. The van der Waals surface area contributed by atoms with E-state index in [1.807, 2.05) is 16.8 Å². The molecule has 5 nitrogen and oxygen atoms in total. The minimum absolute atomic E-state index is 0.0919. The smallest absolute Gasteiger partial charge is 0.246 e. The monoisotopic (exact) mass is 440 g/mol. The van der Waals surface area contributed by atoms with E-state index in [0.717, 1.165) is 10.0 Å². The van der Waals surface area contributed by atoms with Gasteiger partial charge >= 0.3 is 0 Å². The summed E-state index contributed by atoms with van der Waals surface area (Å²) >= 11 is 4.87. The first kappa shape index (κ1) is 18.3. The Kier molecular flexibility index (Phi) is 5.73. The molecule has 0 bridgehead atoms. The number of thiophene rings is 1. The summed E-state index contributed by atoms with van der Waals surface area (Å²) < 4.78 is 27.5. The van der Waals surface area contributed by atoms with Crippen molar-refractivity contribution in [3.8, 4) is 0 Å². The fourth-order valence-electron chi connectivity index (χ4n) is 2.57. The van der Waals surface area contributed by atoms with Crippen LogP contribution in [0.1, 0.15) is 5.56 Å². The van der Waals surface area contributed by atoms with E-state index in [4.69, 9.17) is 0 Å². The quantitative estimate of drug-likeness (QED) is 0.686. The van der Waals surface area contributed by atoms with Crippen LogP contribution in [-0.2, 0) is 14.8 Å². The second kappa shape index (κ2) is 7.82. The Morgan fingerprint density at radius 2 is 1.92 bits per heavy atom. The third-order valence-corrected chi connectivity index (χ3v) is 7.04. The van der Waals surface area contributed by atoms with Gasteiger partial charge in [0.2, 0.25) is 15.9 Å². The lowest BCUT2D eigenvalue weighted by Gasteiger charge is -2.33. The van der Waals surface area contributed by atoms with Crippen molar-refractivity contribution in [2.24, 2.45) is 0 Å². The van der Waals surface area contributed by atoms with Crippen molar-refractivity contribution in [3.05, 3.63) is 57.2 Å². The van der Waals surface area contributed by atoms with Crippen molar-refractivity contribution in [1.29, 1.82) is 0 Å². The molecule has 1 aromatic carbocycles. The van der Waals surface area contributed by atoms with Gasteiger partial charge in [0.1, 0.15) is 0 Å². The summed E-state index contributed by atoms with van der Waals surface area (Å²) in [6, 6.07) is 8.61. The van der Waals surface area contributed by atoms with Crippen LogP contribution in [0, 0.1) is 0 Å². The number of hydrogen-bond donors (Lipinski definition) is 0. The van der Waals surface area contributed by atoms with Crippen LogP contribution in [0.3, 0.4) is 0 Å². The third kappa shape index (κ3) is 4.38. The van der Waals surface area contributed by atoms with Gasteiger partial charge in [-0.3, -0.25) is 4.79 Å². The number of hydrogen-bond acceptors (Lipinski definition) is 4. The second-order valence-corrected chi connectivity index (χ2v) is 9.21. The number of halogens is 1. The Bertz CT molecular complexity index is 871. The number of benzene rings is 1. The molecule has 0 radical (unpaired) electrons. The summed E-state index contributed by atoms with van der Waals surface area (Å²) in [5.41, 5.74) is 0.995. The second-order valence-electron chi connectivity index (χ2n) is 5.58. The average Bonchev–Trinajstić information content (AvgIpc) is 3.13. The molecule has 1 amide bonds. The minimum Gasteiger partial charge on any atom is -0.337 e. The van der Waals surface area contributed by atoms with Crippen molar-refractivity contribution in [2.75, 3.05) is 26.2 Å². The van der Waals surface area contributed by atoms with Gasteiger partial charge in [-0.15, -0.1) is 0 Å². The van der Waals surface area contributed by atoms with E-state index >= 15 is 0 Å². The van der Waals surface area contributed by atoms with Crippen LogP contribution < -0.4 is 0 Å². The predicted octanol–water partition coefficient (Wildman–Crippen LogP) is 3.06. The lowest BCUT2D eigenvalue weighted by atomic mass is 10.3. The first-order chi connectivity index (χ1) is 12.0. The average molecular weight is 441 g/mol. The lowest BCUT2D eigenvalue weighted by molar-refractivity contribution is -0.127. The van der Waals surface area contributed by atoms with Gasteiger partial charge in [0.05, 0.1) is 4.90 Å². The SMILES string of the molecule is O=C(C=Cc1ccsc1)N1CCN(S(=O)(=O)c2cccc(Br)c2)CC1. The highest BCUT2D eigenvalue weighted by Gasteiger charge is 2.29. The van der Waals surface area contributed by atoms with Gasteiger partial charge in [-0.25, -0.2) is 8.42 Å². The molecule has 0 atom stereocenters. The zero-order chi connectivity index (χ0) is 17.9. The molecule has 2 heterocycles. The van der Waals surface area contributed by atoms with E-state index in [2.05, 4.69) is 15.9 Å². The number of nitrogens with zero attached hydrogens (tertiary/aromatic N) is 2. The molecule has 2 aromatic rings. The highest BCUT2D eigenvalue weighted by Crippen LogP contribution is 2.21. The molecule has 8 heteroatoms. The number of amides is 1. The summed E-state index contributed by atoms with van der Waals surface area (Å²) in [4.78, 5) is 14.2. The Labute approximate surface area is 159 Å². The third-order valence-electron chi connectivity index (χ3n) is 3.95. The van der Waals surface area contributed by atoms with E-state index < -0.39 is 10.0 Å². The Morgan fingerprint density at radius 3 is 2.56 bits per heavy atom. The van der Waals surface area contributed by atoms with E-state index in [1.54, 1.807) is 52.7 Å². The molecule has 0 N–H and O–H groups in total. The van der Waals surface area contributed by atoms with Crippen molar-refractivity contribution < 1.29 is 13.2 Å². The van der Waals surface area contributed by atoms with Gasteiger partial charge < -0.3 is 4.90 Å². The molecule has 1 fully saturated rings. The van der Waals surface area contributed by atoms with Gasteiger partial charge in [-0.05, 0) is 46.7 Å². The Hall–Kier alpha value is -1.48. The standard InChI is InChI=1S/C17H17BrN2O3S2/c18-15-2-1-3-16(12-15)25(22,23)20-9-7-19(8-10-20)17(21)5-4-14-6-11-24-13-14/h1-6,11-13H,7-10H2. The molecule has 0 saturated carbocycles. The molecule has 1 aromatic heterocycles. The molecule has 0 spiro atoms. The maximum Gasteiger partial charge on any atom is 0.246 e. The molecular formula is C17H17BrN2O3S2. The predicted molar refractivity (Wildman–Crippen MR) is 103 cm³/mol. The topological polar surface area (TPSA) is 57.7 Å². The number of piperazine rings is 1. The van der Waals surface area contributed by atoms with E-state index in [-0.39, 0.29) is 10.8 Å². The van der Waals surface area contributed by atoms with Crippen LogP contribution in [0.15, 0.2) is 56.5 Å². The molecule has 0 unspecified atom stereocenters. The lowest BCUT2D eigenvalue weighted by Crippen LogP contribution is -2.50. The maximum absolute atomic E-state index is 12.7. The van der Waals surface area contributed by atoms with Crippen LogP contribution in [0.2, 0.25) is 0 Å². The van der Waals surface area contributed by atoms with Crippen molar-refractivity contribution in [1.82, 2.24) is 9.21 Å². The summed E-state index contributed by atoms with van der Waals surface area (Å²) in [6.07, 6.45) is 3.32. The molecule has 1 aliphatic rings. The first-order valence-electron chi connectivity index (χ1n) is 7.72. The zero-order valence-corrected chi connectivity index (χ0v) is 16.6. The summed E-state index contributed by atoms with van der Waals surface area (Å²) in [5.74, 6) is -0.0919. The Balaban J connectivity index is 1.62. The van der Waals surface area contributed by atoms with E-state index in [9.17, 15) is 13.2 Å². The van der Waals surface area contributed by atoms with Crippen LogP contribution >= 0.6 is 27.3 Å². The van der Waals surface area contributed by atoms with E-state index in [1.165, 1.54) is 4.31 Å². The van der Waals surface area contributed by atoms with Gasteiger partial charge in [0.25, 0.3) is 0 Å². The molecule has 1 saturated heterocycles. The van der Waals surface area contributed by atoms with Crippen LogP contribution in [-0.4, -0.2) is 49.7 Å². The number of carbonyl (C=O) groups excluding carboxylic acids is 1. The van der Waals surface area contributed by atoms with Crippen molar-refractivity contribution >= 4 is 49.3 Å². The van der Waals surface area contributed by atoms with Crippen LogP contribution in [0.5, 0.6) is 0 Å². The maximum atomic E-state index is 12.7. The number of sulfonamides is 1. The number of carbonyl (C=O) groups is 1. The van der Waals surface area contributed by atoms with Crippen LogP contribution in [0.25, 0.3) is 6.08 Å². The van der Waals surface area contributed by atoms with Gasteiger partial charge in [0, 0.05) is 36.7 Å². The molecule has 1 aliphatic heterocycles. The number of rotatable bonds is 4. The van der Waals surface area contributed by atoms with Gasteiger partial charge in [-0.1, -0.05) is 22.0 Å². The highest BCUT2D eigenvalue weighted by atomic mass is 79.9. The van der Waals surface area contributed by atoms with Crippen molar-refractivity contribution in [3.63, 3.8) is 0 Å². The molecule has 0 aliphatic carbocycles. The molecule has 3 rings (SSSR count). The molecular weight excluding hydrogens is 424 g/mol. The fraction of sp³-hybridized carbons (Fsp3) is 0.235. The zero-order valence-electron chi connectivity index (χ0n) is 13.3. The fourth-order valence-corrected chi connectivity index (χ4v) is 5.22. The molecule has 132 valence electrons. The van der Waals surface area contributed by atoms with Crippen molar-refractivity contribution in [2.45, 2.75) is 4.90 Å². The summed E-state index contributed by atoms with van der Waals surface area (Å²) in [6.45, 7) is 1.37. The van der Waals surface area contributed by atoms with Gasteiger partial charge in [0.15, 0.2) is 0 Å².